The zero-order chi connectivity index (χ0) is 26.7. The molecule has 1 saturated heterocycles. The van der Waals surface area contributed by atoms with E-state index in [1.54, 1.807) is 12.1 Å². The number of hydrazone groups is 1. The molecule has 1 aliphatic rings. The second-order valence-corrected chi connectivity index (χ2v) is 11.6. The first kappa shape index (κ1) is 27.9. The Morgan fingerprint density at radius 3 is 2.63 bits per heavy atom. The first-order valence-corrected chi connectivity index (χ1v) is 14.8. The first-order chi connectivity index (χ1) is 18.6. The highest BCUT2D eigenvalue weighted by Gasteiger charge is 2.18. The van der Waals surface area contributed by atoms with Gasteiger partial charge >= 0.3 is 0 Å². The van der Waals surface area contributed by atoms with E-state index < -0.39 is 0 Å². The minimum absolute atomic E-state index is 0.144. The van der Waals surface area contributed by atoms with Gasteiger partial charge in [-0.3, -0.25) is 4.79 Å². The molecular weight excluding hydrogens is 586 g/mol. The smallest absolute Gasteiger partial charge is 0.277 e. The monoisotopic (exact) mass is 611 g/mol. The predicted octanol–water partition coefficient (Wildman–Crippen LogP) is 6.31. The van der Waals surface area contributed by atoms with E-state index in [4.69, 9.17) is 14.2 Å². The molecule has 0 aliphatic carbocycles. The number of rotatable bonds is 11. The molecule has 0 aromatic heterocycles. The number of carbonyl (C=O) groups excluding carboxylic acids is 1. The van der Waals surface area contributed by atoms with Gasteiger partial charge < -0.3 is 14.2 Å². The summed E-state index contributed by atoms with van der Waals surface area (Å²) in [6.45, 7) is 2.39. The molecule has 4 rings (SSSR count). The van der Waals surface area contributed by atoms with Crippen molar-refractivity contribution in [2.45, 2.75) is 18.1 Å². The summed E-state index contributed by atoms with van der Waals surface area (Å²) >= 11 is 7.43. The van der Waals surface area contributed by atoms with Crippen molar-refractivity contribution >= 4 is 51.6 Å². The molecule has 1 heterocycles. The maximum atomic E-state index is 12.2. The number of ether oxygens (including phenoxy) is 3. The number of hydrogen-bond acceptors (Lipinski definition) is 8. The van der Waals surface area contributed by atoms with E-state index in [1.165, 1.54) is 23.3 Å². The predicted molar refractivity (Wildman–Crippen MR) is 156 cm³/mol. The Kier molecular flexibility index (Phi) is 10.4. The van der Waals surface area contributed by atoms with Crippen LogP contribution >= 0.6 is 39.5 Å². The van der Waals surface area contributed by atoms with Gasteiger partial charge in [-0.25, -0.2) is 5.43 Å². The Labute approximate surface area is 239 Å². The van der Waals surface area contributed by atoms with Gasteiger partial charge in [0.05, 0.1) is 33.5 Å². The Morgan fingerprint density at radius 2 is 1.89 bits per heavy atom. The maximum Gasteiger partial charge on any atom is 0.277 e. The maximum absolute atomic E-state index is 12.2. The summed E-state index contributed by atoms with van der Waals surface area (Å²) in [5, 5.41) is 13.4. The van der Waals surface area contributed by atoms with Gasteiger partial charge in [0.1, 0.15) is 12.4 Å². The van der Waals surface area contributed by atoms with Gasteiger partial charge in [-0.1, -0.05) is 30.3 Å². The van der Waals surface area contributed by atoms with E-state index in [2.05, 4.69) is 32.5 Å². The summed E-state index contributed by atoms with van der Waals surface area (Å²) in [5.41, 5.74) is 5.79. The summed E-state index contributed by atoms with van der Waals surface area (Å²) in [5.74, 6) is 3.66. The van der Waals surface area contributed by atoms with Gasteiger partial charge in [-0.2, -0.15) is 10.4 Å². The number of thioether (sulfide) groups is 2. The lowest BCUT2D eigenvalue weighted by molar-refractivity contribution is -0.123. The number of benzene rings is 3. The van der Waals surface area contributed by atoms with Crippen molar-refractivity contribution in [3.8, 4) is 23.3 Å². The van der Waals surface area contributed by atoms with E-state index in [0.29, 0.717) is 44.0 Å². The van der Waals surface area contributed by atoms with Crippen molar-refractivity contribution in [1.82, 2.24) is 5.43 Å². The highest BCUT2D eigenvalue weighted by atomic mass is 79.9. The van der Waals surface area contributed by atoms with E-state index in [0.717, 1.165) is 5.56 Å². The van der Waals surface area contributed by atoms with Crippen LogP contribution in [-0.2, 0) is 11.4 Å². The number of hydrogen-bond donors (Lipinski definition) is 1. The average molecular weight is 613 g/mol. The van der Waals surface area contributed by atoms with Crippen molar-refractivity contribution in [3.63, 3.8) is 0 Å². The van der Waals surface area contributed by atoms with Crippen LogP contribution in [0.1, 0.15) is 33.8 Å². The lowest BCUT2D eigenvalue weighted by Crippen LogP contribution is -2.24. The van der Waals surface area contributed by atoms with Crippen LogP contribution in [0.2, 0.25) is 0 Å². The van der Waals surface area contributed by atoms with Crippen LogP contribution in [0.15, 0.2) is 70.2 Å². The first-order valence-electron chi connectivity index (χ1n) is 11.9. The highest BCUT2D eigenvalue weighted by Crippen LogP contribution is 2.45. The molecule has 7 nitrogen and oxygen atoms in total. The van der Waals surface area contributed by atoms with Crippen molar-refractivity contribution in [1.29, 1.82) is 5.26 Å². The van der Waals surface area contributed by atoms with Crippen LogP contribution in [-0.4, -0.2) is 36.8 Å². The molecule has 3 aromatic rings. The van der Waals surface area contributed by atoms with E-state index in [9.17, 15) is 10.1 Å². The topological polar surface area (TPSA) is 92.9 Å². The molecule has 1 amide bonds. The number of nitrogens with one attached hydrogen (secondary N) is 1. The van der Waals surface area contributed by atoms with E-state index in [1.807, 2.05) is 79.0 Å². The Bertz CT molecular complexity index is 1320. The second-order valence-electron chi connectivity index (χ2n) is 8.05. The summed E-state index contributed by atoms with van der Waals surface area (Å²) in [4.78, 5) is 12.2. The number of nitrogens with zero attached hydrogens (tertiary/aromatic N) is 2. The molecule has 0 unspecified atom stereocenters. The van der Waals surface area contributed by atoms with Crippen LogP contribution in [0.3, 0.4) is 0 Å². The Morgan fingerprint density at radius 1 is 1.13 bits per heavy atom. The third-order valence-electron chi connectivity index (χ3n) is 5.39. The molecule has 1 fully saturated rings. The van der Waals surface area contributed by atoms with Crippen LogP contribution in [0.25, 0.3) is 0 Å². The molecule has 3 aromatic carbocycles. The van der Waals surface area contributed by atoms with Gasteiger partial charge in [-0.05, 0) is 64.3 Å². The molecule has 0 radical (unpaired) electrons. The zero-order valence-corrected chi connectivity index (χ0v) is 23.9. The highest BCUT2D eigenvalue weighted by molar-refractivity contribution is 9.10. The fraction of sp³-hybridized carbons (Fsp3) is 0.250. The fourth-order valence-electron chi connectivity index (χ4n) is 3.60. The lowest BCUT2D eigenvalue weighted by atomic mass is 10.1. The molecule has 38 heavy (non-hydrogen) atoms. The van der Waals surface area contributed by atoms with Gasteiger partial charge in [0.15, 0.2) is 18.1 Å². The lowest BCUT2D eigenvalue weighted by Gasteiger charge is -2.15. The summed E-state index contributed by atoms with van der Waals surface area (Å²) in [7, 11) is 0. The number of amides is 1. The molecule has 0 spiro atoms. The fourth-order valence-corrected chi connectivity index (χ4v) is 7.04. The van der Waals surface area contributed by atoms with Crippen molar-refractivity contribution in [3.05, 3.63) is 87.4 Å². The third-order valence-corrected chi connectivity index (χ3v) is 9.08. The normalized spacial score (nSPS) is 13.3. The SMILES string of the molecule is CCOc1cc(/C=N\NC(=O)COc2ccc(C3SCCS3)cc2)cc(Br)c1OCc1ccccc1C#N. The quantitative estimate of drug-likeness (QED) is 0.201. The molecule has 196 valence electrons. The largest absolute Gasteiger partial charge is 0.490 e. The molecule has 10 heteroatoms. The average Bonchev–Trinajstić information content (AvgIpc) is 3.47. The second kappa shape index (κ2) is 14.1. The summed E-state index contributed by atoms with van der Waals surface area (Å²) in [6, 6.07) is 20.9. The molecule has 1 N–H and O–H groups in total. The Hall–Kier alpha value is -3.13. The van der Waals surface area contributed by atoms with Crippen molar-refractivity contribution in [2.24, 2.45) is 5.10 Å². The van der Waals surface area contributed by atoms with Crippen LogP contribution in [0.4, 0.5) is 0 Å². The van der Waals surface area contributed by atoms with Crippen molar-refractivity contribution < 1.29 is 19.0 Å². The minimum Gasteiger partial charge on any atom is -0.490 e. The standard InChI is InChI=1S/C28H26BrN3O4S2/c1-2-34-25-14-19(13-24(29)27(25)36-17-22-6-4-3-5-21(22)15-30)16-31-32-26(33)18-35-23-9-7-20(8-10-23)28-37-11-12-38-28/h3-10,13-14,16,28H,2,11-12,17-18H2,1H3,(H,32,33)/b31-16-. The number of carbonyl (C=O) groups is 1. The Balaban J connectivity index is 1.32. The third kappa shape index (κ3) is 7.69. The molecule has 0 bridgehead atoms. The van der Waals surface area contributed by atoms with Gasteiger partial charge in [0.2, 0.25) is 0 Å². The molecule has 1 aliphatic heterocycles. The van der Waals surface area contributed by atoms with Gasteiger partial charge in [0.25, 0.3) is 5.91 Å². The van der Waals surface area contributed by atoms with Crippen LogP contribution in [0, 0.1) is 11.3 Å². The van der Waals surface area contributed by atoms with Crippen molar-refractivity contribution in [2.75, 3.05) is 24.7 Å². The van der Waals surface area contributed by atoms with Gasteiger partial charge in [0, 0.05) is 17.1 Å². The molecule has 0 saturated carbocycles. The number of nitriles is 1. The molecular formula is C28H26BrN3O4S2. The molecule has 0 atom stereocenters. The minimum atomic E-state index is -0.368. The van der Waals surface area contributed by atoms with Crippen LogP contribution in [0.5, 0.6) is 17.2 Å². The van der Waals surface area contributed by atoms with E-state index >= 15 is 0 Å². The summed E-state index contributed by atoms with van der Waals surface area (Å²) in [6.07, 6.45) is 1.52. The van der Waals surface area contributed by atoms with Crippen LogP contribution < -0.4 is 19.6 Å². The number of halogens is 1. The van der Waals surface area contributed by atoms with E-state index in [-0.39, 0.29) is 19.1 Å². The summed E-state index contributed by atoms with van der Waals surface area (Å²) < 4.78 is 18.5. The zero-order valence-electron chi connectivity index (χ0n) is 20.7. The van der Waals surface area contributed by atoms with Gasteiger partial charge in [-0.15, -0.1) is 23.5 Å².